The van der Waals surface area contributed by atoms with Crippen LogP contribution in [0.4, 0.5) is 0 Å². The number of nitrogens with one attached hydrogen (secondary N) is 1. The van der Waals surface area contributed by atoms with Gasteiger partial charge in [0.2, 0.25) is 5.88 Å². The van der Waals surface area contributed by atoms with Crippen molar-refractivity contribution in [1.29, 1.82) is 0 Å². The molecule has 1 unspecified atom stereocenters. The third-order valence-electron chi connectivity index (χ3n) is 3.61. The molecule has 6 nitrogen and oxygen atoms in total. The van der Waals surface area contributed by atoms with Gasteiger partial charge >= 0.3 is 0 Å². The molecule has 1 heterocycles. The second-order valence-electron chi connectivity index (χ2n) is 6.38. The molecule has 1 rings (SSSR count). The molecular formula is C18H32N4O2. The van der Waals surface area contributed by atoms with E-state index < -0.39 is 0 Å². The molecule has 136 valence electrons. The predicted molar refractivity (Wildman–Crippen MR) is 98.2 cm³/mol. The largest absolute Gasteiger partial charge is 0.475 e. The maximum Gasteiger partial charge on any atom is 0.218 e. The molecule has 0 aliphatic rings. The van der Waals surface area contributed by atoms with E-state index in [1.807, 2.05) is 12.1 Å². The summed E-state index contributed by atoms with van der Waals surface area (Å²) in [6.07, 6.45) is 5.22. The van der Waals surface area contributed by atoms with Crippen molar-refractivity contribution in [3.8, 4) is 5.88 Å². The van der Waals surface area contributed by atoms with Crippen molar-refractivity contribution in [1.82, 2.24) is 10.3 Å². The van der Waals surface area contributed by atoms with Gasteiger partial charge in [-0.15, -0.1) is 0 Å². The molecule has 0 saturated heterocycles. The van der Waals surface area contributed by atoms with Crippen molar-refractivity contribution in [3.63, 3.8) is 0 Å². The molecule has 0 bridgehead atoms. The van der Waals surface area contributed by atoms with Crippen LogP contribution in [0.2, 0.25) is 0 Å². The Kier molecular flexibility index (Phi) is 9.84. The number of methoxy groups -OCH3 is 1. The molecule has 0 fully saturated rings. The van der Waals surface area contributed by atoms with Gasteiger partial charge in [-0.25, -0.2) is 9.98 Å². The number of guanidine groups is 1. The van der Waals surface area contributed by atoms with Gasteiger partial charge in [0.15, 0.2) is 5.96 Å². The van der Waals surface area contributed by atoms with E-state index in [2.05, 4.69) is 36.1 Å². The number of hydrogen-bond acceptors (Lipinski definition) is 4. The van der Waals surface area contributed by atoms with Crippen LogP contribution in [0, 0.1) is 5.92 Å². The van der Waals surface area contributed by atoms with Gasteiger partial charge < -0.3 is 20.5 Å². The van der Waals surface area contributed by atoms with Crippen LogP contribution < -0.4 is 15.8 Å². The molecule has 0 radical (unpaired) electrons. The summed E-state index contributed by atoms with van der Waals surface area (Å²) in [5, 5.41) is 3.24. The summed E-state index contributed by atoms with van der Waals surface area (Å²) >= 11 is 0. The van der Waals surface area contributed by atoms with E-state index in [0.717, 1.165) is 17.9 Å². The highest BCUT2D eigenvalue weighted by Crippen LogP contribution is 2.15. The Labute approximate surface area is 145 Å². The summed E-state index contributed by atoms with van der Waals surface area (Å²) in [6, 6.07) is 4.13. The van der Waals surface area contributed by atoms with Gasteiger partial charge in [-0.2, -0.15) is 0 Å². The highest BCUT2D eigenvalue weighted by atomic mass is 16.5. The quantitative estimate of drug-likeness (QED) is 0.369. The minimum Gasteiger partial charge on any atom is -0.475 e. The lowest BCUT2D eigenvalue weighted by Crippen LogP contribution is -2.38. The van der Waals surface area contributed by atoms with E-state index >= 15 is 0 Å². The molecule has 0 amide bonds. The Morgan fingerprint density at radius 1 is 1.29 bits per heavy atom. The summed E-state index contributed by atoms with van der Waals surface area (Å²) in [7, 11) is 1.64. The molecular weight excluding hydrogens is 304 g/mol. The zero-order valence-electron chi connectivity index (χ0n) is 15.4. The first-order chi connectivity index (χ1) is 11.5. The van der Waals surface area contributed by atoms with Gasteiger partial charge in [-0.05, 0) is 25.3 Å². The molecule has 1 aromatic rings. The number of hydrogen-bond donors (Lipinski definition) is 2. The minimum atomic E-state index is 0.318. The zero-order valence-corrected chi connectivity index (χ0v) is 15.4. The fourth-order valence-electron chi connectivity index (χ4n) is 2.27. The first kappa shape index (κ1) is 20.2. The number of nitrogens with two attached hydrogens (primary N) is 1. The summed E-state index contributed by atoms with van der Waals surface area (Å²) in [4.78, 5) is 8.64. The second kappa shape index (κ2) is 11.7. The van der Waals surface area contributed by atoms with Crippen LogP contribution >= 0.6 is 0 Å². The van der Waals surface area contributed by atoms with Crippen molar-refractivity contribution >= 4 is 5.96 Å². The lowest BCUT2D eigenvalue weighted by molar-refractivity contribution is 0.143. The maximum absolute atomic E-state index is 5.98. The van der Waals surface area contributed by atoms with Crippen molar-refractivity contribution in [2.45, 2.75) is 52.6 Å². The Hall–Kier alpha value is -1.82. The normalized spacial score (nSPS) is 13.1. The average Bonchev–Trinajstić information content (AvgIpc) is 2.53. The first-order valence-electron chi connectivity index (χ1n) is 8.65. The summed E-state index contributed by atoms with van der Waals surface area (Å²) in [5.41, 5.74) is 6.89. The SMILES string of the molecule is COCCOc1ncccc1CN=C(N)NC(C)CCCC(C)C. The summed E-state index contributed by atoms with van der Waals surface area (Å²) in [6.45, 7) is 8.05. The lowest BCUT2D eigenvalue weighted by Gasteiger charge is -2.15. The minimum absolute atomic E-state index is 0.318. The molecule has 24 heavy (non-hydrogen) atoms. The highest BCUT2D eigenvalue weighted by molar-refractivity contribution is 5.78. The Morgan fingerprint density at radius 3 is 2.79 bits per heavy atom. The molecule has 3 N–H and O–H groups in total. The number of ether oxygens (including phenoxy) is 2. The molecule has 0 spiro atoms. The molecule has 0 saturated carbocycles. The van der Waals surface area contributed by atoms with Crippen molar-refractivity contribution < 1.29 is 9.47 Å². The smallest absolute Gasteiger partial charge is 0.218 e. The third-order valence-corrected chi connectivity index (χ3v) is 3.61. The van der Waals surface area contributed by atoms with Crippen LogP contribution in [-0.2, 0) is 11.3 Å². The van der Waals surface area contributed by atoms with Crippen LogP contribution in [0.25, 0.3) is 0 Å². The fraction of sp³-hybridized carbons (Fsp3) is 0.667. The van der Waals surface area contributed by atoms with Crippen molar-refractivity contribution in [3.05, 3.63) is 23.9 Å². The van der Waals surface area contributed by atoms with E-state index in [1.165, 1.54) is 12.8 Å². The maximum atomic E-state index is 5.98. The van der Waals surface area contributed by atoms with E-state index in [4.69, 9.17) is 15.2 Å². The first-order valence-corrected chi connectivity index (χ1v) is 8.65. The van der Waals surface area contributed by atoms with Gasteiger partial charge in [0.25, 0.3) is 0 Å². The number of rotatable bonds is 11. The summed E-state index contributed by atoms with van der Waals surface area (Å²) in [5.74, 6) is 1.78. The molecule has 1 atom stereocenters. The Balaban J connectivity index is 2.46. The van der Waals surface area contributed by atoms with Crippen molar-refractivity contribution in [2.24, 2.45) is 16.6 Å². The topological polar surface area (TPSA) is 81.8 Å². The number of aliphatic imine (C=N–C) groups is 1. The fourth-order valence-corrected chi connectivity index (χ4v) is 2.27. The van der Waals surface area contributed by atoms with E-state index in [-0.39, 0.29) is 0 Å². The van der Waals surface area contributed by atoms with Crippen LogP contribution in [0.15, 0.2) is 23.3 Å². The van der Waals surface area contributed by atoms with Gasteiger partial charge in [0, 0.05) is 24.9 Å². The Bertz CT molecular complexity index is 492. The highest BCUT2D eigenvalue weighted by Gasteiger charge is 2.06. The number of nitrogens with zero attached hydrogens (tertiary/aromatic N) is 2. The lowest BCUT2D eigenvalue weighted by atomic mass is 10.0. The predicted octanol–water partition coefficient (Wildman–Crippen LogP) is 2.73. The molecule has 1 aromatic heterocycles. The molecule has 0 aliphatic heterocycles. The number of pyridine rings is 1. The summed E-state index contributed by atoms with van der Waals surface area (Å²) < 4.78 is 10.6. The van der Waals surface area contributed by atoms with Crippen molar-refractivity contribution in [2.75, 3.05) is 20.3 Å². The van der Waals surface area contributed by atoms with Gasteiger partial charge in [-0.3, -0.25) is 0 Å². The van der Waals surface area contributed by atoms with Gasteiger partial charge in [0.05, 0.1) is 13.2 Å². The van der Waals surface area contributed by atoms with Crippen LogP contribution in [0.1, 0.15) is 45.6 Å². The van der Waals surface area contributed by atoms with E-state index in [0.29, 0.717) is 37.6 Å². The van der Waals surface area contributed by atoms with E-state index in [9.17, 15) is 0 Å². The van der Waals surface area contributed by atoms with Crippen LogP contribution in [0.3, 0.4) is 0 Å². The monoisotopic (exact) mass is 336 g/mol. The third kappa shape index (κ3) is 8.72. The number of aromatic nitrogens is 1. The van der Waals surface area contributed by atoms with Gasteiger partial charge in [-0.1, -0.05) is 32.8 Å². The molecule has 0 aromatic carbocycles. The van der Waals surface area contributed by atoms with Crippen LogP contribution in [-0.4, -0.2) is 37.3 Å². The molecule has 0 aliphatic carbocycles. The standard InChI is InChI=1S/C18H32N4O2/c1-14(2)7-5-8-15(3)22-18(19)21-13-16-9-6-10-20-17(16)24-12-11-23-4/h6,9-10,14-15H,5,7-8,11-13H2,1-4H3,(H3,19,21,22). The zero-order chi connectivity index (χ0) is 17.8. The molecule has 6 heteroatoms. The van der Waals surface area contributed by atoms with E-state index in [1.54, 1.807) is 13.3 Å². The second-order valence-corrected chi connectivity index (χ2v) is 6.38. The average molecular weight is 336 g/mol. The van der Waals surface area contributed by atoms with Crippen LogP contribution in [0.5, 0.6) is 5.88 Å². The Morgan fingerprint density at radius 2 is 2.08 bits per heavy atom. The van der Waals surface area contributed by atoms with Gasteiger partial charge in [0.1, 0.15) is 6.61 Å².